The summed E-state index contributed by atoms with van der Waals surface area (Å²) < 4.78 is 11.2. The predicted molar refractivity (Wildman–Crippen MR) is 107 cm³/mol. The van der Waals surface area contributed by atoms with Gasteiger partial charge in [0.15, 0.2) is 5.78 Å². The van der Waals surface area contributed by atoms with Crippen LogP contribution in [0.15, 0.2) is 24.3 Å². The first-order valence-corrected chi connectivity index (χ1v) is 9.46. The average Bonchev–Trinajstić information content (AvgIpc) is 3.12. The molecule has 3 aromatic rings. The second-order valence-electron chi connectivity index (χ2n) is 7.32. The third-order valence-corrected chi connectivity index (χ3v) is 5.26. The molecule has 1 aromatic carbocycles. The van der Waals surface area contributed by atoms with Crippen molar-refractivity contribution in [2.75, 3.05) is 6.61 Å². The number of benzene rings is 1. The number of fused-ring (bicyclic) bond motifs is 3. The molecule has 1 saturated heterocycles. The zero-order valence-corrected chi connectivity index (χ0v) is 16.3. The van der Waals surface area contributed by atoms with Crippen molar-refractivity contribution < 1.29 is 39.5 Å². The van der Waals surface area contributed by atoms with Gasteiger partial charge >= 0.3 is 0 Å². The molecule has 164 valence electrons. The number of aliphatic hydroxyl groups excluding tert-OH is 4. The van der Waals surface area contributed by atoms with E-state index in [0.29, 0.717) is 21.8 Å². The van der Waals surface area contributed by atoms with Gasteiger partial charge in [-0.2, -0.15) is 0 Å². The third kappa shape index (κ3) is 3.52. The highest BCUT2D eigenvalue weighted by Gasteiger charge is 2.44. The second-order valence-corrected chi connectivity index (χ2v) is 7.32. The number of nitrogens with zero attached hydrogens (tertiary/aromatic N) is 1. The Bertz CT molecular complexity index is 1170. The molecular formula is C20H21N3O8. The van der Waals surface area contributed by atoms with Crippen LogP contribution in [-0.2, 0) is 4.74 Å². The molecule has 2 aromatic heterocycles. The van der Waals surface area contributed by atoms with Gasteiger partial charge in [-0.05, 0) is 12.1 Å². The standard InChI is InChI=1S/C20H21N3O8/c1-7(25)13-15-9(5-10(22-13)19(21)29)8-3-2-4-11(14(8)23-15)30-20-18(28)17(27)16(26)12(6-24)31-20/h2-5,12,16-18,20,23-24,26-28H,6H2,1H3,(H2,21,29). The monoisotopic (exact) mass is 431 g/mol. The van der Waals surface area contributed by atoms with Gasteiger partial charge in [-0.1, -0.05) is 12.1 Å². The maximum absolute atomic E-state index is 12.1. The van der Waals surface area contributed by atoms with Crippen molar-refractivity contribution in [2.45, 2.75) is 37.6 Å². The number of hydrogen-bond acceptors (Lipinski definition) is 9. The highest BCUT2D eigenvalue weighted by Crippen LogP contribution is 2.35. The van der Waals surface area contributed by atoms with Crippen molar-refractivity contribution in [1.29, 1.82) is 0 Å². The average molecular weight is 431 g/mol. The molecule has 1 fully saturated rings. The summed E-state index contributed by atoms with van der Waals surface area (Å²) in [7, 11) is 0. The van der Waals surface area contributed by atoms with Gasteiger partial charge < -0.3 is 40.6 Å². The molecule has 1 amide bonds. The van der Waals surface area contributed by atoms with E-state index in [2.05, 4.69) is 9.97 Å². The molecule has 0 bridgehead atoms. The Morgan fingerprint density at radius 2 is 1.90 bits per heavy atom. The van der Waals surface area contributed by atoms with Crippen molar-refractivity contribution >= 4 is 33.5 Å². The fraction of sp³-hybridized carbons (Fsp3) is 0.350. The van der Waals surface area contributed by atoms with Gasteiger partial charge in [0.25, 0.3) is 5.91 Å². The van der Waals surface area contributed by atoms with Crippen LogP contribution in [0.1, 0.15) is 27.9 Å². The molecule has 4 rings (SSSR count). The number of nitrogens with one attached hydrogen (secondary N) is 1. The molecule has 11 heteroatoms. The number of para-hydroxylation sites is 1. The largest absolute Gasteiger partial charge is 0.460 e. The molecule has 7 N–H and O–H groups in total. The quantitative estimate of drug-likeness (QED) is 0.281. The first kappa shape index (κ1) is 21.2. The van der Waals surface area contributed by atoms with Crippen LogP contribution in [0.3, 0.4) is 0 Å². The summed E-state index contributed by atoms with van der Waals surface area (Å²) >= 11 is 0. The van der Waals surface area contributed by atoms with Crippen LogP contribution in [-0.4, -0.2) is 79.4 Å². The zero-order chi connectivity index (χ0) is 22.4. The molecule has 11 nitrogen and oxygen atoms in total. The number of aromatic amines is 1. The molecule has 0 aliphatic carbocycles. The Morgan fingerprint density at radius 1 is 1.16 bits per heavy atom. The van der Waals surface area contributed by atoms with E-state index in [-0.39, 0.29) is 22.9 Å². The van der Waals surface area contributed by atoms with E-state index >= 15 is 0 Å². The van der Waals surface area contributed by atoms with E-state index < -0.39 is 43.2 Å². The van der Waals surface area contributed by atoms with Crippen LogP contribution < -0.4 is 10.5 Å². The molecule has 31 heavy (non-hydrogen) atoms. The highest BCUT2D eigenvalue weighted by atomic mass is 16.7. The van der Waals surface area contributed by atoms with Crippen LogP contribution in [0.25, 0.3) is 21.8 Å². The Labute approximate surface area is 175 Å². The van der Waals surface area contributed by atoms with E-state index in [1.54, 1.807) is 18.2 Å². The summed E-state index contributed by atoms with van der Waals surface area (Å²) in [5.41, 5.74) is 6.10. The number of pyridine rings is 1. The maximum Gasteiger partial charge on any atom is 0.267 e. The highest BCUT2D eigenvalue weighted by molar-refractivity contribution is 6.16. The predicted octanol–water partition coefficient (Wildman–Crippen LogP) is -0.804. The van der Waals surface area contributed by atoms with Gasteiger partial charge in [-0.3, -0.25) is 9.59 Å². The number of hydrogen-bond donors (Lipinski definition) is 6. The van der Waals surface area contributed by atoms with Crippen molar-refractivity contribution in [3.05, 3.63) is 35.7 Å². The Morgan fingerprint density at radius 3 is 2.55 bits per heavy atom. The third-order valence-electron chi connectivity index (χ3n) is 5.26. The van der Waals surface area contributed by atoms with Crippen molar-refractivity contribution in [2.24, 2.45) is 5.73 Å². The van der Waals surface area contributed by atoms with Crippen LogP contribution in [0, 0.1) is 0 Å². The number of aliphatic hydroxyl groups is 4. The summed E-state index contributed by atoms with van der Waals surface area (Å²) in [6.07, 6.45) is -7.21. The van der Waals surface area contributed by atoms with Gasteiger partial charge in [0.05, 0.1) is 17.6 Å². The number of amides is 1. The number of aromatic nitrogens is 2. The first-order chi connectivity index (χ1) is 14.7. The minimum absolute atomic E-state index is 0.0290. The first-order valence-electron chi connectivity index (χ1n) is 9.46. The maximum atomic E-state index is 12.1. The second kappa shape index (κ2) is 7.87. The Kier molecular flexibility index (Phi) is 5.37. The van der Waals surface area contributed by atoms with E-state index in [9.17, 15) is 30.0 Å². The number of ether oxygens (including phenoxy) is 2. The lowest BCUT2D eigenvalue weighted by Gasteiger charge is -2.39. The van der Waals surface area contributed by atoms with Crippen molar-refractivity contribution in [3.63, 3.8) is 0 Å². The number of carbonyl (C=O) groups is 2. The number of nitrogens with two attached hydrogens (primary N) is 1. The molecule has 1 aliphatic rings. The fourth-order valence-electron chi connectivity index (χ4n) is 3.66. The van der Waals surface area contributed by atoms with Gasteiger partial charge in [0, 0.05) is 17.7 Å². The Hall–Kier alpha value is -3.09. The number of H-pyrrole nitrogens is 1. The van der Waals surface area contributed by atoms with Gasteiger partial charge in [-0.15, -0.1) is 0 Å². The molecule has 0 radical (unpaired) electrons. The Balaban J connectivity index is 1.82. The summed E-state index contributed by atoms with van der Waals surface area (Å²) in [5, 5.41) is 40.6. The lowest BCUT2D eigenvalue weighted by atomic mass is 9.99. The topological polar surface area (TPSA) is 188 Å². The van der Waals surface area contributed by atoms with E-state index in [1.165, 1.54) is 13.0 Å². The number of carbonyl (C=O) groups excluding carboxylic acids is 2. The summed E-state index contributed by atoms with van der Waals surface area (Å²) in [6, 6.07) is 6.39. The minimum atomic E-state index is -1.59. The fourth-order valence-corrected chi connectivity index (χ4v) is 3.66. The van der Waals surface area contributed by atoms with Crippen LogP contribution in [0.5, 0.6) is 5.75 Å². The van der Waals surface area contributed by atoms with Crippen LogP contribution in [0.2, 0.25) is 0 Å². The normalized spacial score (nSPS) is 26.3. The number of primary amides is 1. The van der Waals surface area contributed by atoms with E-state index in [4.69, 9.17) is 15.2 Å². The summed E-state index contributed by atoms with van der Waals surface area (Å²) in [4.78, 5) is 30.9. The lowest BCUT2D eigenvalue weighted by molar-refractivity contribution is -0.277. The van der Waals surface area contributed by atoms with Crippen molar-refractivity contribution in [3.8, 4) is 5.75 Å². The van der Waals surface area contributed by atoms with E-state index in [1.807, 2.05) is 0 Å². The summed E-state index contributed by atoms with van der Waals surface area (Å²) in [6.45, 7) is 0.717. The molecule has 5 atom stereocenters. The molecule has 0 saturated carbocycles. The lowest BCUT2D eigenvalue weighted by Crippen LogP contribution is -2.60. The smallest absolute Gasteiger partial charge is 0.267 e. The van der Waals surface area contributed by atoms with Gasteiger partial charge in [0.1, 0.15) is 41.6 Å². The number of ketones is 1. The number of Topliss-reactive ketones (excluding diaryl/α,β-unsaturated/α-hetero) is 1. The van der Waals surface area contributed by atoms with Crippen molar-refractivity contribution in [1.82, 2.24) is 9.97 Å². The molecule has 5 unspecified atom stereocenters. The van der Waals surface area contributed by atoms with Crippen LogP contribution >= 0.6 is 0 Å². The zero-order valence-electron chi connectivity index (χ0n) is 16.3. The van der Waals surface area contributed by atoms with Crippen LogP contribution in [0.4, 0.5) is 0 Å². The SMILES string of the molecule is CC(=O)c1nc(C(N)=O)cc2c1[nH]c1c(OC3OC(CO)C(O)C(O)C3O)cccc12. The molecule has 3 heterocycles. The van der Waals surface area contributed by atoms with Gasteiger partial charge in [0.2, 0.25) is 6.29 Å². The molecular weight excluding hydrogens is 410 g/mol. The van der Waals surface area contributed by atoms with E-state index in [0.717, 1.165) is 0 Å². The summed E-state index contributed by atoms with van der Waals surface area (Å²) in [5.74, 6) is -0.961. The minimum Gasteiger partial charge on any atom is -0.460 e. The number of rotatable bonds is 5. The van der Waals surface area contributed by atoms with Gasteiger partial charge in [-0.25, -0.2) is 4.98 Å². The molecule has 0 spiro atoms. The molecule has 1 aliphatic heterocycles.